The predicted molar refractivity (Wildman–Crippen MR) is 97.5 cm³/mol. The van der Waals surface area contributed by atoms with E-state index in [0.717, 1.165) is 25.9 Å². The van der Waals surface area contributed by atoms with E-state index in [2.05, 4.69) is 43.3 Å². The average molecular weight is 337 g/mol. The molecule has 0 atom stereocenters. The van der Waals surface area contributed by atoms with E-state index in [1.165, 1.54) is 10.6 Å². The lowest BCUT2D eigenvalue weighted by Crippen LogP contribution is -2.42. The van der Waals surface area contributed by atoms with Gasteiger partial charge >= 0.3 is 6.09 Å². The molecule has 4 nitrogen and oxygen atoms in total. The van der Waals surface area contributed by atoms with E-state index in [1.54, 1.807) is 0 Å². The molecule has 0 spiro atoms. The standard InChI is InChI=1S/C18H28N2O2S/c1-18(2,3)22-17(21)20-11-9-15(10-12-20)23-16-8-6-7-14(13-16)19(4)5/h6-8,13,15H,9-12H2,1-5H3. The second kappa shape index (κ2) is 7.47. The van der Waals surface area contributed by atoms with Crippen LogP contribution >= 0.6 is 11.8 Å². The van der Waals surface area contributed by atoms with Gasteiger partial charge in [0.05, 0.1) is 0 Å². The SMILES string of the molecule is CN(C)c1cccc(SC2CCN(C(=O)OC(C)(C)C)CC2)c1. The minimum absolute atomic E-state index is 0.185. The second-order valence-corrected chi connectivity index (χ2v) is 8.55. The molecule has 128 valence electrons. The van der Waals surface area contributed by atoms with Crippen LogP contribution in [0.3, 0.4) is 0 Å². The quantitative estimate of drug-likeness (QED) is 0.826. The number of rotatable bonds is 3. The number of nitrogens with zero attached hydrogens (tertiary/aromatic N) is 2. The molecule has 5 heteroatoms. The number of amides is 1. The molecule has 2 rings (SSSR count). The highest BCUT2D eigenvalue weighted by Gasteiger charge is 2.27. The highest BCUT2D eigenvalue weighted by atomic mass is 32.2. The topological polar surface area (TPSA) is 32.8 Å². The van der Waals surface area contributed by atoms with E-state index < -0.39 is 5.60 Å². The smallest absolute Gasteiger partial charge is 0.410 e. The molecule has 1 saturated heterocycles. The fourth-order valence-corrected chi connectivity index (χ4v) is 3.69. The highest BCUT2D eigenvalue weighted by molar-refractivity contribution is 8.00. The highest BCUT2D eigenvalue weighted by Crippen LogP contribution is 2.32. The first-order chi connectivity index (χ1) is 10.7. The van der Waals surface area contributed by atoms with Gasteiger partial charge in [-0.2, -0.15) is 0 Å². The number of ether oxygens (including phenoxy) is 1. The summed E-state index contributed by atoms with van der Waals surface area (Å²) in [6, 6.07) is 8.62. The van der Waals surface area contributed by atoms with Gasteiger partial charge in [-0.25, -0.2) is 4.79 Å². The van der Waals surface area contributed by atoms with E-state index in [-0.39, 0.29) is 6.09 Å². The molecule has 0 radical (unpaired) electrons. The first-order valence-corrected chi connectivity index (χ1v) is 9.04. The van der Waals surface area contributed by atoms with Crippen molar-refractivity contribution in [3.8, 4) is 0 Å². The van der Waals surface area contributed by atoms with E-state index in [1.807, 2.05) is 37.4 Å². The molecule has 23 heavy (non-hydrogen) atoms. The van der Waals surface area contributed by atoms with Crippen molar-refractivity contribution in [2.75, 3.05) is 32.1 Å². The molecule has 1 aromatic rings. The van der Waals surface area contributed by atoms with Gasteiger partial charge in [0.15, 0.2) is 0 Å². The number of carbonyl (C=O) groups excluding carboxylic acids is 1. The molecule has 0 unspecified atom stereocenters. The molecular weight excluding hydrogens is 308 g/mol. The third-order valence-electron chi connectivity index (χ3n) is 3.73. The number of piperidine rings is 1. The number of hydrogen-bond donors (Lipinski definition) is 0. The first-order valence-electron chi connectivity index (χ1n) is 8.16. The maximum absolute atomic E-state index is 12.1. The van der Waals surface area contributed by atoms with Crippen LogP contribution in [0.25, 0.3) is 0 Å². The summed E-state index contributed by atoms with van der Waals surface area (Å²) >= 11 is 1.92. The molecule has 0 aliphatic carbocycles. The van der Waals surface area contributed by atoms with Gasteiger partial charge in [-0.15, -0.1) is 11.8 Å². The lowest BCUT2D eigenvalue weighted by Gasteiger charge is -2.33. The van der Waals surface area contributed by atoms with Crippen molar-refractivity contribution in [2.24, 2.45) is 0 Å². The van der Waals surface area contributed by atoms with Crippen LogP contribution in [0.15, 0.2) is 29.2 Å². The Hall–Kier alpha value is -1.36. The Morgan fingerprint density at radius 3 is 2.48 bits per heavy atom. The normalized spacial score (nSPS) is 16.3. The van der Waals surface area contributed by atoms with Crippen LogP contribution in [0.2, 0.25) is 0 Å². The third kappa shape index (κ3) is 5.65. The maximum Gasteiger partial charge on any atom is 0.410 e. The fraction of sp³-hybridized carbons (Fsp3) is 0.611. The zero-order valence-electron chi connectivity index (χ0n) is 14.8. The van der Waals surface area contributed by atoms with Gasteiger partial charge in [-0.05, 0) is 51.8 Å². The van der Waals surface area contributed by atoms with Crippen molar-refractivity contribution in [1.82, 2.24) is 4.90 Å². The monoisotopic (exact) mass is 336 g/mol. The lowest BCUT2D eigenvalue weighted by atomic mass is 10.1. The molecule has 0 saturated carbocycles. The number of hydrogen-bond acceptors (Lipinski definition) is 4. The molecule has 0 bridgehead atoms. The molecule has 1 amide bonds. The number of benzene rings is 1. The van der Waals surface area contributed by atoms with E-state index in [9.17, 15) is 4.79 Å². The Morgan fingerprint density at radius 1 is 1.26 bits per heavy atom. The Bertz CT molecular complexity index is 532. The summed E-state index contributed by atoms with van der Waals surface area (Å²) in [6.45, 7) is 7.28. The van der Waals surface area contributed by atoms with Gasteiger partial charge in [0, 0.05) is 43.0 Å². The molecular formula is C18H28N2O2S. The Morgan fingerprint density at radius 2 is 1.91 bits per heavy atom. The van der Waals surface area contributed by atoms with Gasteiger partial charge < -0.3 is 14.5 Å². The number of anilines is 1. The van der Waals surface area contributed by atoms with Gasteiger partial charge in [0.2, 0.25) is 0 Å². The second-order valence-electron chi connectivity index (χ2n) is 7.18. The molecule has 1 fully saturated rings. The lowest BCUT2D eigenvalue weighted by molar-refractivity contribution is 0.0219. The number of carbonyl (C=O) groups is 1. The van der Waals surface area contributed by atoms with E-state index in [0.29, 0.717) is 5.25 Å². The van der Waals surface area contributed by atoms with Gasteiger partial charge in [0.1, 0.15) is 5.60 Å². The fourth-order valence-electron chi connectivity index (χ4n) is 2.51. The summed E-state index contributed by atoms with van der Waals surface area (Å²) in [5, 5.41) is 0.561. The average Bonchev–Trinajstić information content (AvgIpc) is 2.46. The molecule has 1 heterocycles. The first kappa shape index (κ1) is 18.0. The van der Waals surface area contributed by atoms with Crippen molar-refractivity contribution >= 4 is 23.5 Å². The van der Waals surface area contributed by atoms with Crippen molar-refractivity contribution < 1.29 is 9.53 Å². The van der Waals surface area contributed by atoms with Crippen molar-refractivity contribution in [3.63, 3.8) is 0 Å². The van der Waals surface area contributed by atoms with Crippen LogP contribution in [-0.4, -0.2) is 49.0 Å². The van der Waals surface area contributed by atoms with Crippen LogP contribution < -0.4 is 4.90 Å². The van der Waals surface area contributed by atoms with Crippen LogP contribution in [0.5, 0.6) is 0 Å². The van der Waals surface area contributed by atoms with Gasteiger partial charge in [0.25, 0.3) is 0 Å². The third-order valence-corrected chi connectivity index (χ3v) is 5.06. The molecule has 0 aromatic heterocycles. The van der Waals surface area contributed by atoms with Gasteiger partial charge in [-0.1, -0.05) is 6.07 Å². The Balaban J connectivity index is 1.85. The number of thioether (sulfide) groups is 1. The van der Waals surface area contributed by atoms with E-state index >= 15 is 0 Å². The van der Waals surface area contributed by atoms with Crippen molar-refractivity contribution in [1.29, 1.82) is 0 Å². The Kier molecular flexibility index (Phi) is 5.84. The molecule has 1 aliphatic heterocycles. The minimum Gasteiger partial charge on any atom is -0.444 e. The summed E-state index contributed by atoms with van der Waals surface area (Å²) in [6.07, 6.45) is 1.84. The minimum atomic E-state index is -0.421. The molecule has 0 N–H and O–H groups in total. The van der Waals surface area contributed by atoms with Crippen molar-refractivity contribution in [3.05, 3.63) is 24.3 Å². The maximum atomic E-state index is 12.1. The summed E-state index contributed by atoms with van der Waals surface area (Å²) in [4.78, 5) is 17.3. The molecule has 1 aliphatic rings. The van der Waals surface area contributed by atoms with Crippen LogP contribution in [0.1, 0.15) is 33.6 Å². The zero-order chi connectivity index (χ0) is 17.0. The van der Waals surface area contributed by atoms with E-state index in [4.69, 9.17) is 4.74 Å². The van der Waals surface area contributed by atoms with Crippen LogP contribution in [0.4, 0.5) is 10.5 Å². The van der Waals surface area contributed by atoms with Crippen molar-refractivity contribution in [2.45, 2.75) is 49.4 Å². The summed E-state index contributed by atoms with van der Waals surface area (Å²) in [7, 11) is 4.12. The molecule has 1 aromatic carbocycles. The summed E-state index contributed by atoms with van der Waals surface area (Å²) < 4.78 is 5.45. The largest absolute Gasteiger partial charge is 0.444 e. The predicted octanol–water partition coefficient (Wildman–Crippen LogP) is 4.24. The van der Waals surface area contributed by atoms with Crippen LogP contribution in [0, 0.1) is 0 Å². The summed E-state index contributed by atoms with van der Waals surface area (Å²) in [5.41, 5.74) is 0.802. The Labute approximate surface area is 144 Å². The summed E-state index contributed by atoms with van der Waals surface area (Å²) in [5.74, 6) is 0. The number of likely N-dealkylation sites (tertiary alicyclic amines) is 1. The van der Waals surface area contributed by atoms with Crippen LogP contribution in [-0.2, 0) is 4.74 Å². The van der Waals surface area contributed by atoms with Gasteiger partial charge in [-0.3, -0.25) is 0 Å². The zero-order valence-corrected chi connectivity index (χ0v) is 15.7.